The van der Waals surface area contributed by atoms with E-state index in [1.54, 1.807) is 30.3 Å². The first-order valence-electron chi connectivity index (χ1n) is 7.60. The first-order chi connectivity index (χ1) is 12.3. The van der Waals surface area contributed by atoms with Gasteiger partial charge >= 0.3 is 0 Å². The van der Waals surface area contributed by atoms with Gasteiger partial charge in [0.1, 0.15) is 4.21 Å². The number of sulfonamides is 1. The zero-order valence-corrected chi connectivity index (χ0v) is 16.9. The summed E-state index contributed by atoms with van der Waals surface area (Å²) in [7, 11) is -3.64. The van der Waals surface area contributed by atoms with Gasteiger partial charge in [0.15, 0.2) is 0 Å². The lowest BCUT2D eigenvalue weighted by atomic mass is 10.2. The van der Waals surface area contributed by atoms with E-state index < -0.39 is 10.0 Å². The van der Waals surface area contributed by atoms with Crippen LogP contribution in [0.15, 0.2) is 68.7 Å². The van der Waals surface area contributed by atoms with Gasteiger partial charge < -0.3 is 5.32 Å². The Kier molecular flexibility index (Phi) is 5.45. The van der Waals surface area contributed by atoms with Crippen LogP contribution >= 0.6 is 27.3 Å². The van der Waals surface area contributed by atoms with Crippen LogP contribution in [-0.2, 0) is 10.0 Å². The average Bonchev–Trinajstić information content (AvgIpc) is 3.03. The number of anilines is 2. The second kappa shape index (κ2) is 7.61. The number of hydrogen-bond acceptors (Lipinski definition) is 4. The molecule has 0 aliphatic rings. The van der Waals surface area contributed by atoms with Crippen LogP contribution in [0.25, 0.3) is 0 Å². The first kappa shape index (κ1) is 18.6. The van der Waals surface area contributed by atoms with Crippen LogP contribution in [0.5, 0.6) is 0 Å². The van der Waals surface area contributed by atoms with Gasteiger partial charge in [-0.25, -0.2) is 8.42 Å². The van der Waals surface area contributed by atoms with E-state index in [2.05, 4.69) is 26.0 Å². The van der Waals surface area contributed by atoms with E-state index in [-0.39, 0.29) is 10.1 Å². The fraction of sp³-hybridized carbons (Fsp3) is 0.0556. The summed E-state index contributed by atoms with van der Waals surface area (Å²) in [5.74, 6) is -0.257. The molecule has 0 aliphatic heterocycles. The smallest absolute Gasteiger partial charge is 0.271 e. The van der Waals surface area contributed by atoms with Crippen molar-refractivity contribution >= 4 is 54.6 Å². The zero-order valence-electron chi connectivity index (χ0n) is 13.7. The molecule has 0 fully saturated rings. The molecular weight excluding hydrogens is 436 g/mol. The van der Waals surface area contributed by atoms with Crippen molar-refractivity contribution in [3.8, 4) is 0 Å². The summed E-state index contributed by atoms with van der Waals surface area (Å²) >= 11 is 4.38. The molecule has 0 atom stereocenters. The Hall–Kier alpha value is -2.16. The van der Waals surface area contributed by atoms with Crippen molar-refractivity contribution < 1.29 is 13.2 Å². The molecule has 2 aromatic carbocycles. The molecule has 1 amide bonds. The van der Waals surface area contributed by atoms with Gasteiger partial charge in [-0.1, -0.05) is 12.1 Å². The van der Waals surface area contributed by atoms with Gasteiger partial charge in [0.2, 0.25) is 0 Å². The predicted molar refractivity (Wildman–Crippen MR) is 108 cm³/mol. The van der Waals surface area contributed by atoms with Crippen molar-refractivity contribution in [3.63, 3.8) is 0 Å². The third kappa shape index (κ3) is 4.51. The van der Waals surface area contributed by atoms with Gasteiger partial charge in [-0.15, -0.1) is 11.3 Å². The number of halogens is 1. The van der Waals surface area contributed by atoms with E-state index in [9.17, 15) is 13.2 Å². The molecule has 134 valence electrons. The highest BCUT2D eigenvalue weighted by Crippen LogP contribution is 2.27. The van der Waals surface area contributed by atoms with Gasteiger partial charge in [0.25, 0.3) is 15.9 Å². The number of aryl methyl sites for hydroxylation is 1. The van der Waals surface area contributed by atoms with Crippen LogP contribution in [-0.4, -0.2) is 14.3 Å². The van der Waals surface area contributed by atoms with Crippen LogP contribution in [0.3, 0.4) is 0 Å². The summed E-state index contributed by atoms with van der Waals surface area (Å²) in [6.45, 7) is 1.95. The number of benzene rings is 2. The number of carbonyl (C=O) groups excluding carboxylic acids is 1. The molecule has 2 N–H and O–H groups in total. The molecule has 0 radical (unpaired) electrons. The minimum absolute atomic E-state index is 0.214. The van der Waals surface area contributed by atoms with E-state index in [1.165, 1.54) is 6.07 Å². The third-order valence-electron chi connectivity index (χ3n) is 3.49. The lowest BCUT2D eigenvalue weighted by Gasteiger charge is -2.08. The lowest BCUT2D eigenvalue weighted by molar-refractivity contribution is 0.102. The number of amides is 1. The fourth-order valence-electron chi connectivity index (χ4n) is 2.26. The van der Waals surface area contributed by atoms with Crippen molar-refractivity contribution in [2.75, 3.05) is 10.0 Å². The van der Waals surface area contributed by atoms with E-state index in [1.807, 2.05) is 31.2 Å². The van der Waals surface area contributed by atoms with Crippen LogP contribution in [0, 0.1) is 6.92 Å². The Labute approximate surface area is 164 Å². The van der Waals surface area contributed by atoms with Crippen LogP contribution < -0.4 is 10.0 Å². The number of rotatable bonds is 5. The summed E-state index contributed by atoms with van der Waals surface area (Å²) in [6, 6.07) is 17.0. The normalized spacial score (nSPS) is 11.2. The Morgan fingerprint density at radius 1 is 1.00 bits per heavy atom. The first-order valence-corrected chi connectivity index (χ1v) is 10.7. The molecule has 0 aliphatic carbocycles. The Morgan fingerprint density at radius 2 is 1.73 bits per heavy atom. The maximum Gasteiger partial charge on any atom is 0.271 e. The minimum Gasteiger partial charge on any atom is -0.322 e. The standard InChI is InChI=1S/C18H15BrN2O3S2/c1-12-3-2-4-15(11-12)20-18(22)13-5-7-14(8-6-13)21-26(23,24)17-10-9-16(19)25-17/h2-11,21H,1H3,(H,20,22). The van der Waals surface area contributed by atoms with Gasteiger partial charge in [-0.05, 0) is 76.9 Å². The molecule has 0 bridgehead atoms. The molecule has 1 heterocycles. The molecule has 5 nitrogen and oxygen atoms in total. The van der Waals surface area contributed by atoms with Gasteiger partial charge in [0.05, 0.1) is 3.79 Å². The van der Waals surface area contributed by atoms with Gasteiger partial charge in [-0.3, -0.25) is 9.52 Å². The Balaban J connectivity index is 1.71. The number of carbonyl (C=O) groups is 1. The highest BCUT2D eigenvalue weighted by molar-refractivity contribution is 9.11. The van der Waals surface area contributed by atoms with E-state index in [4.69, 9.17) is 0 Å². The maximum atomic E-state index is 12.3. The summed E-state index contributed by atoms with van der Waals surface area (Å²) in [5, 5.41) is 2.81. The second-order valence-corrected chi connectivity index (χ2v) is 9.94. The van der Waals surface area contributed by atoms with E-state index in [0.717, 1.165) is 20.7 Å². The van der Waals surface area contributed by atoms with Gasteiger partial charge in [0, 0.05) is 16.9 Å². The fourth-order valence-corrected chi connectivity index (χ4v) is 5.33. The molecule has 1 aromatic heterocycles. The summed E-state index contributed by atoms with van der Waals surface area (Å²) in [6.07, 6.45) is 0. The molecule has 0 saturated carbocycles. The number of hydrogen-bond donors (Lipinski definition) is 2. The van der Waals surface area contributed by atoms with Crippen LogP contribution in [0.1, 0.15) is 15.9 Å². The van der Waals surface area contributed by atoms with E-state index >= 15 is 0 Å². The van der Waals surface area contributed by atoms with Crippen molar-refractivity contribution in [2.24, 2.45) is 0 Å². The largest absolute Gasteiger partial charge is 0.322 e. The highest BCUT2D eigenvalue weighted by atomic mass is 79.9. The SMILES string of the molecule is Cc1cccc(NC(=O)c2ccc(NS(=O)(=O)c3ccc(Br)s3)cc2)c1. The summed E-state index contributed by atoms with van der Waals surface area (Å²) < 4.78 is 28.1. The molecular formula is C18H15BrN2O3S2. The molecule has 8 heteroatoms. The van der Waals surface area contributed by atoms with Crippen molar-refractivity contribution in [2.45, 2.75) is 11.1 Å². The minimum atomic E-state index is -3.64. The predicted octanol–water partition coefficient (Wildman–Crippen LogP) is 4.87. The van der Waals surface area contributed by atoms with E-state index in [0.29, 0.717) is 16.9 Å². The maximum absolute atomic E-state index is 12.3. The molecule has 3 rings (SSSR count). The third-order valence-corrected chi connectivity index (χ3v) is 6.99. The molecule has 0 spiro atoms. The Bertz CT molecular complexity index is 1040. The topological polar surface area (TPSA) is 75.3 Å². The van der Waals surface area contributed by atoms with Crippen molar-refractivity contribution in [1.29, 1.82) is 0 Å². The average molecular weight is 451 g/mol. The number of thiophene rings is 1. The van der Waals surface area contributed by atoms with Crippen molar-refractivity contribution in [1.82, 2.24) is 0 Å². The molecule has 0 saturated heterocycles. The summed E-state index contributed by atoms with van der Waals surface area (Å²) in [4.78, 5) is 12.3. The quantitative estimate of drug-likeness (QED) is 0.581. The highest BCUT2D eigenvalue weighted by Gasteiger charge is 2.17. The molecule has 26 heavy (non-hydrogen) atoms. The lowest BCUT2D eigenvalue weighted by Crippen LogP contribution is -2.13. The second-order valence-electron chi connectivity index (χ2n) is 5.56. The zero-order chi connectivity index (χ0) is 18.7. The van der Waals surface area contributed by atoms with Crippen LogP contribution in [0.2, 0.25) is 0 Å². The Morgan fingerprint density at radius 3 is 2.35 bits per heavy atom. The van der Waals surface area contributed by atoms with Crippen molar-refractivity contribution in [3.05, 3.63) is 75.6 Å². The number of nitrogens with one attached hydrogen (secondary N) is 2. The van der Waals surface area contributed by atoms with Crippen LogP contribution in [0.4, 0.5) is 11.4 Å². The molecule has 0 unspecified atom stereocenters. The summed E-state index contributed by atoms with van der Waals surface area (Å²) in [5.41, 5.74) is 2.59. The monoisotopic (exact) mass is 450 g/mol. The van der Waals surface area contributed by atoms with Gasteiger partial charge in [-0.2, -0.15) is 0 Å². The molecule has 3 aromatic rings.